The van der Waals surface area contributed by atoms with Crippen LogP contribution in [0.4, 0.5) is 0 Å². The molecule has 0 saturated heterocycles. The van der Waals surface area contributed by atoms with Crippen LogP contribution in [0.25, 0.3) is 0 Å². The van der Waals surface area contributed by atoms with Crippen LogP contribution in [0, 0.1) is 0 Å². The summed E-state index contributed by atoms with van der Waals surface area (Å²) in [5, 5.41) is 1.23. The van der Waals surface area contributed by atoms with Gasteiger partial charge in [0.25, 0.3) is 0 Å². The van der Waals surface area contributed by atoms with Crippen molar-refractivity contribution >= 4 is 15.6 Å². The SMILES string of the molecule is CCCC[O][Al+][CH2]C. The molecule has 0 bridgehead atoms. The van der Waals surface area contributed by atoms with E-state index in [-0.39, 0.29) is 0 Å². The Kier molecular flexibility index (Phi) is 7.95. The monoisotopic (exact) mass is 129 g/mol. The van der Waals surface area contributed by atoms with Gasteiger partial charge in [0, 0.05) is 0 Å². The summed E-state index contributed by atoms with van der Waals surface area (Å²) < 4.78 is 5.31. The maximum atomic E-state index is 5.31. The van der Waals surface area contributed by atoms with Gasteiger partial charge in [0.1, 0.15) is 0 Å². The average Bonchev–Trinajstić information content (AvgIpc) is 1.81. The fourth-order valence-electron chi connectivity index (χ4n) is 0.429. The van der Waals surface area contributed by atoms with E-state index in [1.807, 2.05) is 0 Å². The van der Waals surface area contributed by atoms with Crippen LogP contribution in [0.2, 0.25) is 5.28 Å². The van der Waals surface area contributed by atoms with Crippen molar-refractivity contribution in [3.63, 3.8) is 0 Å². The fourth-order valence-corrected chi connectivity index (χ4v) is 0.998. The van der Waals surface area contributed by atoms with Crippen molar-refractivity contribution in [1.29, 1.82) is 0 Å². The first-order valence-electron chi connectivity index (χ1n) is 3.35. The molecule has 0 rings (SSSR count). The zero-order valence-electron chi connectivity index (χ0n) is 5.81. The third-order valence-electron chi connectivity index (χ3n) is 0.900. The second-order valence-corrected chi connectivity index (χ2v) is 3.28. The van der Waals surface area contributed by atoms with E-state index >= 15 is 0 Å². The first kappa shape index (κ1) is 8.49. The molecule has 0 fully saturated rings. The molecule has 0 aromatic heterocycles. The molecule has 0 saturated carbocycles. The summed E-state index contributed by atoms with van der Waals surface area (Å²) in [5.41, 5.74) is 0. The van der Waals surface area contributed by atoms with E-state index in [1.54, 1.807) is 0 Å². The van der Waals surface area contributed by atoms with Crippen LogP contribution in [-0.4, -0.2) is 22.2 Å². The molecule has 0 unspecified atom stereocenters. The van der Waals surface area contributed by atoms with E-state index in [1.165, 1.54) is 18.1 Å². The summed E-state index contributed by atoms with van der Waals surface area (Å²) in [4.78, 5) is 0. The fraction of sp³-hybridized carbons (Fsp3) is 1.00. The molecule has 0 aromatic rings. The molecule has 0 radical (unpaired) electrons. The normalized spacial score (nSPS) is 8.75. The molecule has 0 amide bonds. The molecule has 0 atom stereocenters. The van der Waals surface area contributed by atoms with Crippen molar-refractivity contribution in [3.05, 3.63) is 0 Å². The Bertz CT molecular complexity index is 33.5. The number of unbranched alkanes of at least 4 members (excludes halogenated alkanes) is 1. The molecular formula is C6H14AlO+. The Hall–Kier alpha value is 0.492. The zero-order chi connectivity index (χ0) is 6.24. The maximum absolute atomic E-state index is 5.31. The van der Waals surface area contributed by atoms with Crippen molar-refractivity contribution in [3.8, 4) is 0 Å². The molecule has 0 aliphatic rings. The molecule has 1 nitrogen and oxygen atoms in total. The van der Waals surface area contributed by atoms with E-state index in [2.05, 4.69) is 13.8 Å². The first-order chi connectivity index (χ1) is 3.91. The van der Waals surface area contributed by atoms with Crippen molar-refractivity contribution < 1.29 is 3.79 Å². The van der Waals surface area contributed by atoms with Crippen molar-refractivity contribution in [2.24, 2.45) is 0 Å². The Balaban J connectivity index is 2.53. The van der Waals surface area contributed by atoms with Crippen molar-refractivity contribution in [2.45, 2.75) is 32.0 Å². The van der Waals surface area contributed by atoms with Gasteiger partial charge >= 0.3 is 57.9 Å². The van der Waals surface area contributed by atoms with Gasteiger partial charge in [-0.25, -0.2) is 0 Å². The van der Waals surface area contributed by atoms with Crippen LogP contribution in [0.3, 0.4) is 0 Å². The number of hydrogen-bond acceptors (Lipinski definition) is 1. The van der Waals surface area contributed by atoms with Gasteiger partial charge in [-0.15, -0.1) is 0 Å². The summed E-state index contributed by atoms with van der Waals surface area (Å²) in [6, 6.07) is 0. The second kappa shape index (κ2) is 7.49. The third kappa shape index (κ3) is 6.49. The topological polar surface area (TPSA) is 9.23 Å². The van der Waals surface area contributed by atoms with Gasteiger partial charge in [-0.1, -0.05) is 0 Å². The molecule has 0 spiro atoms. The predicted octanol–water partition coefficient (Wildman–Crippen LogP) is 1.86. The summed E-state index contributed by atoms with van der Waals surface area (Å²) in [7, 11) is 0. The van der Waals surface area contributed by atoms with E-state index in [4.69, 9.17) is 3.79 Å². The molecule has 8 heavy (non-hydrogen) atoms. The summed E-state index contributed by atoms with van der Waals surface area (Å²) >= 11 is 0.313. The van der Waals surface area contributed by atoms with Gasteiger partial charge in [-0.2, -0.15) is 0 Å². The molecule has 2 heteroatoms. The van der Waals surface area contributed by atoms with Gasteiger partial charge in [-0.3, -0.25) is 0 Å². The van der Waals surface area contributed by atoms with Crippen LogP contribution < -0.4 is 0 Å². The standard InChI is InChI=1S/C4H9O.C2H5.Al/c1-2-3-4-5;1-2;/h2-4H2,1H3;1H2,2H3;/q-1;;+2. The van der Waals surface area contributed by atoms with E-state index in [9.17, 15) is 0 Å². The van der Waals surface area contributed by atoms with Crippen molar-refractivity contribution in [2.75, 3.05) is 6.61 Å². The van der Waals surface area contributed by atoms with E-state index in [0.717, 1.165) is 6.61 Å². The molecule has 0 aromatic carbocycles. The Labute approximate surface area is 58.5 Å². The van der Waals surface area contributed by atoms with Crippen LogP contribution in [0.5, 0.6) is 0 Å². The molecule has 0 heterocycles. The van der Waals surface area contributed by atoms with Gasteiger partial charge in [0.15, 0.2) is 0 Å². The summed E-state index contributed by atoms with van der Waals surface area (Å²) in [5.74, 6) is 0. The third-order valence-corrected chi connectivity index (χ3v) is 1.70. The number of hydrogen-bond donors (Lipinski definition) is 0. The predicted molar refractivity (Wildman–Crippen MR) is 37.1 cm³/mol. The second-order valence-electron chi connectivity index (χ2n) is 1.80. The minimum absolute atomic E-state index is 0.313. The molecular weight excluding hydrogens is 115 g/mol. The van der Waals surface area contributed by atoms with Gasteiger partial charge in [0.2, 0.25) is 0 Å². The Morgan fingerprint density at radius 1 is 1.38 bits per heavy atom. The van der Waals surface area contributed by atoms with Crippen molar-refractivity contribution in [1.82, 2.24) is 0 Å². The van der Waals surface area contributed by atoms with Crippen LogP contribution in [0.1, 0.15) is 26.7 Å². The Morgan fingerprint density at radius 2 is 2.12 bits per heavy atom. The molecule has 0 N–H and O–H groups in total. The number of rotatable bonds is 5. The van der Waals surface area contributed by atoms with Crippen LogP contribution >= 0.6 is 0 Å². The summed E-state index contributed by atoms with van der Waals surface area (Å²) in [6.07, 6.45) is 2.48. The molecule has 0 aliphatic carbocycles. The summed E-state index contributed by atoms with van der Waals surface area (Å²) in [6.45, 7) is 5.34. The average molecular weight is 129 g/mol. The molecule has 46 valence electrons. The van der Waals surface area contributed by atoms with E-state index < -0.39 is 0 Å². The van der Waals surface area contributed by atoms with Gasteiger partial charge in [-0.05, 0) is 0 Å². The zero-order valence-corrected chi connectivity index (χ0v) is 6.97. The van der Waals surface area contributed by atoms with E-state index in [0.29, 0.717) is 15.6 Å². The van der Waals surface area contributed by atoms with Crippen LogP contribution in [-0.2, 0) is 3.79 Å². The van der Waals surface area contributed by atoms with Gasteiger partial charge < -0.3 is 0 Å². The quantitative estimate of drug-likeness (QED) is 0.406. The minimum atomic E-state index is 0.313. The first-order valence-corrected chi connectivity index (χ1v) is 4.63. The Morgan fingerprint density at radius 3 is 2.62 bits per heavy atom. The van der Waals surface area contributed by atoms with Crippen LogP contribution in [0.15, 0.2) is 0 Å². The molecule has 0 aliphatic heterocycles. The van der Waals surface area contributed by atoms with Gasteiger partial charge in [0.05, 0.1) is 0 Å².